The molecule has 0 radical (unpaired) electrons. The lowest BCUT2D eigenvalue weighted by molar-refractivity contribution is 0.672. The van der Waals surface area contributed by atoms with Gasteiger partial charge in [0.2, 0.25) is 0 Å². The summed E-state index contributed by atoms with van der Waals surface area (Å²) in [6.45, 7) is 0. The van der Waals surface area contributed by atoms with E-state index in [9.17, 15) is 0 Å². The van der Waals surface area contributed by atoms with Crippen LogP contribution in [0, 0.1) is 0 Å². The molecule has 3 heteroatoms. The summed E-state index contributed by atoms with van der Waals surface area (Å²) in [5.41, 5.74) is 10.9. The van der Waals surface area contributed by atoms with Gasteiger partial charge in [-0.1, -0.05) is 152 Å². The summed E-state index contributed by atoms with van der Waals surface area (Å²) in [5, 5.41) is 14.5. The Morgan fingerprint density at radius 2 is 0.869 bits per heavy atom. The van der Waals surface area contributed by atoms with Crippen LogP contribution >= 0.6 is 0 Å². The summed E-state index contributed by atoms with van der Waals surface area (Å²) < 4.78 is 9.16. The second-order valence-electron chi connectivity index (χ2n) is 16.1. The normalized spacial score (nSPS) is 11.9. The van der Waals surface area contributed by atoms with Crippen LogP contribution in [0.1, 0.15) is 0 Å². The largest absolute Gasteiger partial charge is 0.455 e. The first-order valence-corrected chi connectivity index (χ1v) is 20.9. The van der Waals surface area contributed by atoms with Crippen molar-refractivity contribution in [1.82, 2.24) is 4.57 Å². The lowest BCUT2D eigenvalue weighted by atomic mass is 10.00. The predicted molar refractivity (Wildman–Crippen MR) is 258 cm³/mol. The summed E-state index contributed by atoms with van der Waals surface area (Å²) in [4.78, 5) is 2.36. The van der Waals surface area contributed by atoms with E-state index >= 15 is 0 Å². The number of anilines is 3. The van der Waals surface area contributed by atoms with Crippen LogP contribution in [0.15, 0.2) is 223 Å². The van der Waals surface area contributed by atoms with Crippen LogP contribution in [0.5, 0.6) is 0 Å². The number of nitrogens with zero attached hydrogens (tertiary/aromatic N) is 2. The van der Waals surface area contributed by atoms with E-state index in [1.54, 1.807) is 0 Å². The van der Waals surface area contributed by atoms with E-state index in [-0.39, 0.29) is 0 Å². The zero-order valence-corrected chi connectivity index (χ0v) is 33.1. The Kier molecular flexibility index (Phi) is 7.31. The van der Waals surface area contributed by atoms with Gasteiger partial charge in [0.15, 0.2) is 0 Å². The van der Waals surface area contributed by atoms with Crippen LogP contribution in [-0.4, -0.2) is 4.57 Å². The molecule has 13 aromatic rings. The van der Waals surface area contributed by atoms with Gasteiger partial charge in [-0.15, -0.1) is 0 Å². The molecule has 2 heterocycles. The van der Waals surface area contributed by atoms with E-state index in [0.717, 1.165) is 55.6 Å². The Hall–Kier alpha value is -8.14. The zero-order valence-electron chi connectivity index (χ0n) is 33.1. The molecule has 13 rings (SSSR count). The van der Waals surface area contributed by atoms with Crippen LogP contribution in [0.4, 0.5) is 17.1 Å². The third-order valence-electron chi connectivity index (χ3n) is 12.7. The van der Waals surface area contributed by atoms with Gasteiger partial charge in [-0.2, -0.15) is 0 Å². The van der Waals surface area contributed by atoms with Gasteiger partial charge in [0.05, 0.1) is 11.0 Å². The van der Waals surface area contributed by atoms with E-state index in [1.165, 1.54) is 65.1 Å². The van der Waals surface area contributed by atoms with E-state index in [0.29, 0.717) is 0 Å². The number of rotatable bonds is 5. The summed E-state index contributed by atoms with van der Waals surface area (Å²) in [6, 6.07) is 79.3. The van der Waals surface area contributed by atoms with Crippen molar-refractivity contribution in [2.45, 2.75) is 0 Å². The average molecular weight is 777 g/mol. The highest BCUT2D eigenvalue weighted by Crippen LogP contribution is 2.43. The van der Waals surface area contributed by atoms with Gasteiger partial charge in [0.25, 0.3) is 0 Å². The summed E-state index contributed by atoms with van der Waals surface area (Å²) in [7, 11) is 0. The average Bonchev–Trinajstić information content (AvgIpc) is 3.88. The smallest absolute Gasteiger partial charge is 0.143 e. The van der Waals surface area contributed by atoms with Crippen molar-refractivity contribution in [2.75, 3.05) is 4.90 Å². The van der Waals surface area contributed by atoms with Gasteiger partial charge in [-0.05, 0) is 104 Å². The van der Waals surface area contributed by atoms with E-state index in [4.69, 9.17) is 4.42 Å². The predicted octanol–water partition coefficient (Wildman–Crippen LogP) is 16.4. The van der Waals surface area contributed by atoms with Gasteiger partial charge in [0.1, 0.15) is 11.2 Å². The van der Waals surface area contributed by atoms with E-state index < -0.39 is 0 Å². The number of hydrogen-bond acceptors (Lipinski definition) is 2. The lowest BCUT2D eigenvalue weighted by Crippen LogP contribution is -2.09. The van der Waals surface area contributed by atoms with Crippen molar-refractivity contribution in [3.05, 3.63) is 218 Å². The molecule has 0 aliphatic rings. The highest BCUT2D eigenvalue weighted by Gasteiger charge is 2.19. The molecular weight excluding hydrogens is 741 g/mol. The second kappa shape index (κ2) is 13.2. The molecule has 284 valence electrons. The van der Waals surface area contributed by atoms with Crippen LogP contribution in [0.25, 0.3) is 104 Å². The molecule has 0 N–H and O–H groups in total. The first-order chi connectivity index (χ1) is 30.2. The Bertz CT molecular complexity index is 3880. The molecule has 61 heavy (non-hydrogen) atoms. The number of fused-ring (bicyclic) bond motifs is 13. The molecular formula is C58H36N2O. The van der Waals surface area contributed by atoms with Crippen molar-refractivity contribution in [2.24, 2.45) is 0 Å². The molecule has 2 aromatic heterocycles. The lowest BCUT2D eigenvalue weighted by Gasteiger charge is -2.26. The molecule has 11 aromatic carbocycles. The number of furan rings is 1. The summed E-state index contributed by atoms with van der Waals surface area (Å²) >= 11 is 0. The fourth-order valence-electron chi connectivity index (χ4n) is 9.81. The molecule has 0 unspecified atom stereocenters. The van der Waals surface area contributed by atoms with Gasteiger partial charge in [-0.25, -0.2) is 0 Å². The molecule has 0 fully saturated rings. The molecule has 0 aliphatic carbocycles. The second-order valence-corrected chi connectivity index (χ2v) is 16.1. The van der Waals surface area contributed by atoms with Crippen molar-refractivity contribution in [3.63, 3.8) is 0 Å². The van der Waals surface area contributed by atoms with Crippen LogP contribution in [0.2, 0.25) is 0 Å². The third-order valence-corrected chi connectivity index (χ3v) is 12.7. The van der Waals surface area contributed by atoms with Crippen LogP contribution < -0.4 is 4.90 Å². The summed E-state index contributed by atoms with van der Waals surface area (Å²) in [5.74, 6) is 0. The first kappa shape index (κ1) is 33.8. The fraction of sp³-hybridized carbons (Fsp3) is 0. The van der Waals surface area contributed by atoms with Crippen LogP contribution in [0.3, 0.4) is 0 Å². The van der Waals surface area contributed by atoms with Gasteiger partial charge < -0.3 is 13.9 Å². The number of aromatic nitrogens is 1. The molecule has 0 saturated carbocycles. The van der Waals surface area contributed by atoms with Crippen molar-refractivity contribution >= 4 is 104 Å². The highest BCUT2D eigenvalue weighted by atomic mass is 16.3. The molecule has 0 amide bonds. The van der Waals surface area contributed by atoms with E-state index in [2.05, 4.69) is 228 Å². The van der Waals surface area contributed by atoms with Crippen LogP contribution in [-0.2, 0) is 0 Å². The maximum atomic E-state index is 6.73. The van der Waals surface area contributed by atoms with Gasteiger partial charge in [0, 0.05) is 61.1 Å². The minimum absolute atomic E-state index is 0.867. The van der Waals surface area contributed by atoms with Crippen molar-refractivity contribution in [1.29, 1.82) is 0 Å². The first-order valence-electron chi connectivity index (χ1n) is 20.9. The molecule has 0 aliphatic heterocycles. The van der Waals surface area contributed by atoms with Crippen molar-refractivity contribution in [3.8, 4) is 16.8 Å². The SMILES string of the molecule is c1ccc(-n2c3cc(-c4ccc(N(c5ccc6c(c5)oc5c7ccccc7ccc65)c5ccc6ccc7ccccc7c6c5)cc4)ccc3c3ccc4ccccc4c32)cc1. The minimum atomic E-state index is 0.867. The maximum absolute atomic E-state index is 6.73. The Morgan fingerprint density at radius 3 is 1.67 bits per heavy atom. The quantitative estimate of drug-likeness (QED) is 0.162. The Morgan fingerprint density at radius 1 is 0.328 bits per heavy atom. The highest BCUT2D eigenvalue weighted by molar-refractivity contribution is 6.19. The standard InChI is InChI=1S/C58H36N2O/c1-2-13-43(14-3-1)60-55-34-42(25-30-50(55)52-31-23-39-11-5-8-16-48(39)57(52)60)37-20-26-44(27-21-37)59(45-28-22-41-19-18-38-10-4-7-15-47(38)54(41)35-45)46-29-33-51-53-32-24-40-12-6-9-17-49(40)58(53)61-56(51)36-46/h1-36H. The Labute approximate surface area is 351 Å². The molecule has 0 atom stereocenters. The molecule has 0 bridgehead atoms. The fourth-order valence-corrected chi connectivity index (χ4v) is 9.81. The number of para-hydroxylation sites is 1. The monoisotopic (exact) mass is 776 g/mol. The topological polar surface area (TPSA) is 21.3 Å². The zero-order chi connectivity index (χ0) is 40.0. The van der Waals surface area contributed by atoms with Gasteiger partial charge in [-0.3, -0.25) is 0 Å². The minimum Gasteiger partial charge on any atom is -0.455 e. The maximum Gasteiger partial charge on any atom is 0.143 e. The van der Waals surface area contributed by atoms with Gasteiger partial charge >= 0.3 is 0 Å². The molecule has 0 saturated heterocycles. The number of hydrogen-bond donors (Lipinski definition) is 0. The van der Waals surface area contributed by atoms with Crippen molar-refractivity contribution < 1.29 is 4.42 Å². The van der Waals surface area contributed by atoms with E-state index in [1.807, 2.05) is 0 Å². The molecule has 3 nitrogen and oxygen atoms in total. The number of benzene rings is 11. The third kappa shape index (κ3) is 5.24. The Balaban J connectivity index is 0.979. The summed E-state index contributed by atoms with van der Waals surface area (Å²) in [6.07, 6.45) is 0. The molecule has 0 spiro atoms.